The first-order chi connectivity index (χ1) is 9.22. The van der Waals surface area contributed by atoms with Crippen LogP contribution in [0.1, 0.15) is 19.3 Å². The van der Waals surface area contributed by atoms with E-state index in [0.717, 1.165) is 19.3 Å². The first-order valence-corrected chi connectivity index (χ1v) is 6.30. The third kappa shape index (κ3) is 3.13. The zero-order valence-corrected chi connectivity index (χ0v) is 10.6. The maximum atomic E-state index is 11.2. The van der Waals surface area contributed by atoms with Gasteiger partial charge in [-0.1, -0.05) is 6.07 Å². The van der Waals surface area contributed by atoms with Gasteiger partial charge in [0.2, 0.25) is 0 Å². The van der Waals surface area contributed by atoms with Crippen molar-refractivity contribution in [3.63, 3.8) is 0 Å². The van der Waals surface area contributed by atoms with Crippen LogP contribution in [0.2, 0.25) is 0 Å². The SMILES string of the molecule is N#CN(C[C@@H]1CCCCN1C(=O)O)c1ccccn1. The molecule has 1 aromatic rings. The van der Waals surface area contributed by atoms with Crippen molar-refractivity contribution in [3.8, 4) is 6.19 Å². The maximum Gasteiger partial charge on any atom is 0.407 e. The minimum Gasteiger partial charge on any atom is -0.465 e. The number of anilines is 1. The lowest BCUT2D eigenvalue weighted by Gasteiger charge is -2.35. The van der Waals surface area contributed by atoms with E-state index in [-0.39, 0.29) is 6.04 Å². The lowest BCUT2D eigenvalue weighted by molar-refractivity contribution is 0.109. The van der Waals surface area contributed by atoms with Crippen molar-refractivity contribution < 1.29 is 9.90 Å². The molecule has 19 heavy (non-hydrogen) atoms. The first-order valence-electron chi connectivity index (χ1n) is 6.30. The summed E-state index contributed by atoms with van der Waals surface area (Å²) in [7, 11) is 0. The van der Waals surface area contributed by atoms with Crippen molar-refractivity contribution in [1.29, 1.82) is 5.26 Å². The van der Waals surface area contributed by atoms with Gasteiger partial charge in [-0.3, -0.25) is 4.90 Å². The second kappa shape index (κ2) is 6.05. The van der Waals surface area contributed by atoms with Crippen LogP contribution in [0.5, 0.6) is 0 Å². The zero-order valence-electron chi connectivity index (χ0n) is 10.6. The number of pyridine rings is 1. The van der Waals surface area contributed by atoms with E-state index in [4.69, 9.17) is 0 Å². The van der Waals surface area contributed by atoms with E-state index in [9.17, 15) is 15.2 Å². The van der Waals surface area contributed by atoms with E-state index < -0.39 is 6.09 Å². The van der Waals surface area contributed by atoms with Gasteiger partial charge in [0.05, 0.1) is 12.6 Å². The summed E-state index contributed by atoms with van der Waals surface area (Å²) >= 11 is 0. The summed E-state index contributed by atoms with van der Waals surface area (Å²) in [5.41, 5.74) is 0. The van der Waals surface area contributed by atoms with Gasteiger partial charge in [-0.25, -0.2) is 9.78 Å². The quantitative estimate of drug-likeness (QED) is 0.663. The van der Waals surface area contributed by atoms with Gasteiger partial charge < -0.3 is 10.0 Å². The van der Waals surface area contributed by atoms with E-state index in [1.807, 2.05) is 6.07 Å². The molecule has 0 aliphatic carbocycles. The molecular weight excluding hydrogens is 244 g/mol. The molecule has 100 valence electrons. The van der Waals surface area contributed by atoms with Gasteiger partial charge in [0, 0.05) is 12.7 Å². The Bertz CT molecular complexity index is 471. The van der Waals surface area contributed by atoms with E-state index >= 15 is 0 Å². The molecule has 1 amide bonds. The van der Waals surface area contributed by atoms with Crippen LogP contribution in [0, 0.1) is 11.5 Å². The van der Waals surface area contributed by atoms with Gasteiger partial charge >= 0.3 is 6.09 Å². The minimum atomic E-state index is -0.913. The molecule has 2 rings (SSSR count). The molecule has 1 aromatic heterocycles. The largest absolute Gasteiger partial charge is 0.465 e. The fourth-order valence-corrected chi connectivity index (χ4v) is 2.35. The van der Waals surface area contributed by atoms with E-state index in [2.05, 4.69) is 11.2 Å². The van der Waals surface area contributed by atoms with Crippen molar-refractivity contribution in [2.45, 2.75) is 25.3 Å². The van der Waals surface area contributed by atoms with Crippen LogP contribution >= 0.6 is 0 Å². The molecule has 1 aliphatic heterocycles. The molecule has 1 fully saturated rings. The highest BCUT2D eigenvalue weighted by atomic mass is 16.4. The Morgan fingerprint density at radius 3 is 3.05 bits per heavy atom. The number of carbonyl (C=O) groups is 1. The highest BCUT2D eigenvalue weighted by Crippen LogP contribution is 2.20. The molecule has 1 N–H and O–H groups in total. The summed E-state index contributed by atoms with van der Waals surface area (Å²) in [6, 6.07) is 5.19. The van der Waals surface area contributed by atoms with Crippen molar-refractivity contribution >= 4 is 11.9 Å². The van der Waals surface area contributed by atoms with Gasteiger partial charge in [0.25, 0.3) is 0 Å². The van der Waals surface area contributed by atoms with E-state index in [1.165, 1.54) is 9.80 Å². The van der Waals surface area contributed by atoms with Gasteiger partial charge in [-0.05, 0) is 31.4 Å². The molecule has 0 bridgehead atoms. The zero-order chi connectivity index (χ0) is 13.7. The number of piperidine rings is 1. The van der Waals surface area contributed by atoms with E-state index in [0.29, 0.717) is 18.9 Å². The number of hydrogen-bond donors (Lipinski definition) is 1. The molecule has 1 saturated heterocycles. The predicted octanol–water partition coefficient (Wildman–Crippen LogP) is 1.90. The summed E-state index contributed by atoms with van der Waals surface area (Å²) in [6.45, 7) is 0.904. The summed E-state index contributed by atoms with van der Waals surface area (Å²) < 4.78 is 0. The molecule has 1 atom stereocenters. The molecule has 0 spiro atoms. The van der Waals surface area contributed by atoms with Crippen molar-refractivity contribution in [2.75, 3.05) is 18.0 Å². The van der Waals surface area contributed by atoms with Crippen LogP contribution < -0.4 is 4.90 Å². The van der Waals surface area contributed by atoms with Crippen LogP contribution in [0.3, 0.4) is 0 Å². The van der Waals surface area contributed by atoms with Gasteiger partial charge in [0.1, 0.15) is 5.82 Å². The summed E-state index contributed by atoms with van der Waals surface area (Å²) in [5.74, 6) is 0.556. The minimum absolute atomic E-state index is 0.145. The van der Waals surface area contributed by atoms with Crippen molar-refractivity contribution in [3.05, 3.63) is 24.4 Å². The number of likely N-dealkylation sites (tertiary alicyclic amines) is 1. The lowest BCUT2D eigenvalue weighted by atomic mass is 10.0. The van der Waals surface area contributed by atoms with Gasteiger partial charge in [-0.15, -0.1) is 0 Å². The second-order valence-electron chi connectivity index (χ2n) is 4.52. The summed E-state index contributed by atoms with van der Waals surface area (Å²) in [4.78, 5) is 18.2. The molecule has 6 nitrogen and oxygen atoms in total. The van der Waals surface area contributed by atoms with Crippen LogP contribution in [-0.4, -0.2) is 40.2 Å². The fourth-order valence-electron chi connectivity index (χ4n) is 2.35. The number of rotatable bonds is 3. The van der Waals surface area contributed by atoms with Crippen molar-refractivity contribution in [2.24, 2.45) is 0 Å². The average molecular weight is 260 g/mol. The lowest BCUT2D eigenvalue weighted by Crippen LogP contribution is -2.48. The Hall–Kier alpha value is -2.29. The van der Waals surface area contributed by atoms with Crippen LogP contribution in [0.15, 0.2) is 24.4 Å². The molecule has 0 aromatic carbocycles. The standard InChI is InChI=1S/C13H16N4O2/c14-10-16(12-6-1-3-7-15-12)9-11-5-2-4-8-17(11)13(18)19/h1,3,6-7,11H,2,4-5,8-9H2,(H,18,19)/t11-/m0/s1. The normalized spacial score (nSPS) is 18.7. The highest BCUT2D eigenvalue weighted by molar-refractivity contribution is 5.65. The van der Waals surface area contributed by atoms with Crippen LogP contribution in [-0.2, 0) is 0 Å². The average Bonchev–Trinajstić information content (AvgIpc) is 2.46. The molecule has 1 aliphatic rings. The predicted molar refractivity (Wildman–Crippen MR) is 69.6 cm³/mol. The highest BCUT2D eigenvalue weighted by Gasteiger charge is 2.28. The topological polar surface area (TPSA) is 80.5 Å². The Balaban J connectivity index is 2.09. The summed E-state index contributed by atoms with van der Waals surface area (Å²) in [5, 5.41) is 18.4. The maximum absolute atomic E-state index is 11.2. The Morgan fingerprint density at radius 2 is 2.42 bits per heavy atom. The molecule has 0 unspecified atom stereocenters. The number of aromatic nitrogens is 1. The Morgan fingerprint density at radius 1 is 1.58 bits per heavy atom. The Kier molecular flexibility index (Phi) is 4.18. The summed E-state index contributed by atoms with van der Waals surface area (Å²) in [6.07, 6.45) is 5.46. The monoisotopic (exact) mass is 260 g/mol. The molecule has 2 heterocycles. The first kappa shape index (κ1) is 13.1. The number of nitrogens with zero attached hydrogens (tertiary/aromatic N) is 4. The van der Waals surface area contributed by atoms with Crippen molar-refractivity contribution in [1.82, 2.24) is 9.88 Å². The molecule has 0 radical (unpaired) electrons. The number of amides is 1. The molecular formula is C13H16N4O2. The third-order valence-corrected chi connectivity index (χ3v) is 3.31. The third-order valence-electron chi connectivity index (χ3n) is 3.31. The fraction of sp³-hybridized carbons (Fsp3) is 0.462. The van der Waals surface area contributed by atoms with Gasteiger partial charge in [0.15, 0.2) is 6.19 Å². The second-order valence-corrected chi connectivity index (χ2v) is 4.52. The number of nitriles is 1. The molecule has 0 saturated carbocycles. The van der Waals surface area contributed by atoms with E-state index in [1.54, 1.807) is 18.3 Å². The number of carboxylic acid groups (broad SMARTS) is 1. The van der Waals surface area contributed by atoms with Crippen LogP contribution in [0.25, 0.3) is 0 Å². The number of hydrogen-bond acceptors (Lipinski definition) is 4. The smallest absolute Gasteiger partial charge is 0.407 e. The molecule has 6 heteroatoms. The van der Waals surface area contributed by atoms with Gasteiger partial charge in [-0.2, -0.15) is 5.26 Å². The Labute approximate surface area is 111 Å². The van der Waals surface area contributed by atoms with Crippen LogP contribution in [0.4, 0.5) is 10.6 Å².